The first-order valence-corrected chi connectivity index (χ1v) is 12.0. The number of para-hydroxylation sites is 1. The molecule has 0 amide bonds. The molecule has 0 saturated carbocycles. The summed E-state index contributed by atoms with van der Waals surface area (Å²) in [6.07, 6.45) is 0. The third-order valence-corrected chi connectivity index (χ3v) is 7.74. The van der Waals surface area contributed by atoms with E-state index in [9.17, 15) is 18.7 Å². The van der Waals surface area contributed by atoms with Crippen LogP contribution in [-0.4, -0.2) is 42.3 Å². The first kappa shape index (κ1) is 23.8. The minimum atomic E-state index is -3.87. The molecular formula is C20H28N5O5S2+. The number of hydrogen-bond acceptors (Lipinski definition) is 9. The summed E-state index contributed by atoms with van der Waals surface area (Å²) in [7, 11) is -1.11. The molecule has 2 heterocycles. The van der Waals surface area contributed by atoms with Crippen molar-refractivity contribution in [1.29, 1.82) is 0 Å². The normalized spacial score (nSPS) is 13.3. The molecule has 0 radical (unpaired) electrons. The van der Waals surface area contributed by atoms with Gasteiger partial charge in [0.1, 0.15) is 21.0 Å². The van der Waals surface area contributed by atoms with Gasteiger partial charge in [-0.25, -0.2) is 12.7 Å². The SMILES string of the molecule is Cc1ccc([C@H](Nc2c(Nc3cccc(S(=O)(=O)N(C)C)c3O)no[n+]2O)C(C)(C)C)s1. The Morgan fingerprint density at radius 2 is 1.91 bits per heavy atom. The standard InChI is InChI=1S/C20H27N5O5S2/c1-12-10-11-14(31-12)17(20(2,3)4)22-19-18(23-30-25(19)27)21-13-8-7-9-15(16(13)26)32(28,29)24(5)6/h7-11,17,27H,1-6H3,(H2,21,22,23,26)/p+1/t17-/m0/s1. The van der Waals surface area contributed by atoms with Gasteiger partial charge in [-0.15, -0.1) is 11.3 Å². The van der Waals surface area contributed by atoms with Gasteiger partial charge in [-0.1, -0.05) is 31.5 Å². The maximum Gasteiger partial charge on any atom is 0.366 e. The maximum absolute atomic E-state index is 12.5. The predicted molar refractivity (Wildman–Crippen MR) is 121 cm³/mol. The fourth-order valence-electron chi connectivity index (χ4n) is 3.08. The predicted octanol–water partition coefficient (Wildman–Crippen LogP) is 3.47. The number of anilines is 3. The van der Waals surface area contributed by atoms with E-state index in [4.69, 9.17) is 4.63 Å². The number of phenolic OH excluding ortho intramolecular Hbond substituents is 1. The molecule has 0 aliphatic heterocycles. The summed E-state index contributed by atoms with van der Waals surface area (Å²) in [5.41, 5.74) is -0.148. The number of aryl methyl sites for hydroxylation is 1. The summed E-state index contributed by atoms with van der Waals surface area (Å²) in [5.74, 6) is -0.276. The number of sulfonamides is 1. The zero-order chi connectivity index (χ0) is 23.8. The smallest absolute Gasteiger partial charge is 0.366 e. The highest BCUT2D eigenvalue weighted by Gasteiger charge is 2.36. The molecule has 1 aromatic carbocycles. The fraction of sp³-hybridized carbons (Fsp3) is 0.400. The molecule has 10 nitrogen and oxygen atoms in total. The van der Waals surface area contributed by atoms with Gasteiger partial charge in [0.25, 0.3) is 0 Å². The average molecular weight is 483 g/mol. The summed E-state index contributed by atoms with van der Waals surface area (Å²) in [4.78, 5) is 2.44. The Bertz CT molecular complexity index is 1210. The van der Waals surface area contributed by atoms with E-state index in [2.05, 4.69) is 36.6 Å². The third kappa shape index (κ3) is 4.66. The number of benzene rings is 1. The molecule has 32 heavy (non-hydrogen) atoms. The van der Waals surface area contributed by atoms with Crippen LogP contribution in [0.3, 0.4) is 0 Å². The summed E-state index contributed by atoms with van der Waals surface area (Å²) in [5, 5.41) is 30.8. The molecule has 0 aliphatic carbocycles. The van der Waals surface area contributed by atoms with Gasteiger partial charge < -0.3 is 15.6 Å². The van der Waals surface area contributed by atoms with Crippen molar-refractivity contribution in [1.82, 2.24) is 9.46 Å². The Morgan fingerprint density at radius 3 is 2.47 bits per heavy atom. The van der Waals surface area contributed by atoms with Crippen molar-refractivity contribution in [2.75, 3.05) is 24.7 Å². The Labute approximate surface area is 191 Å². The van der Waals surface area contributed by atoms with Gasteiger partial charge in [-0.05, 0) is 31.2 Å². The molecule has 174 valence electrons. The van der Waals surface area contributed by atoms with Crippen LogP contribution < -0.4 is 15.5 Å². The number of phenols is 1. The molecule has 4 N–H and O–H groups in total. The molecule has 2 aromatic heterocycles. The second kappa shape index (κ2) is 8.60. The molecular weight excluding hydrogens is 454 g/mol. The van der Waals surface area contributed by atoms with Crippen LogP contribution in [-0.2, 0) is 10.0 Å². The highest BCUT2D eigenvalue weighted by atomic mass is 32.2. The molecule has 0 bridgehead atoms. The third-order valence-electron chi connectivity index (χ3n) is 4.83. The van der Waals surface area contributed by atoms with Crippen LogP contribution >= 0.6 is 11.3 Å². The van der Waals surface area contributed by atoms with Crippen LogP contribution in [0.15, 0.2) is 39.9 Å². The molecule has 0 fully saturated rings. The first-order valence-electron chi connectivity index (χ1n) is 9.78. The molecule has 0 aliphatic rings. The van der Waals surface area contributed by atoms with Gasteiger partial charge in [-0.2, -0.15) is 0 Å². The van der Waals surface area contributed by atoms with E-state index >= 15 is 0 Å². The Morgan fingerprint density at radius 1 is 1.22 bits per heavy atom. The van der Waals surface area contributed by atoms with Crippen molar-refractivity contribution in [3.05, 3.63) is 40.1 Å². The van der Waals surface area contributed by atoms with Crippen LogP contribution in [0.2, 0.25) is 0 Å². The van der Waals surface area contributed by atoms with E-state index in [1.54, 1.807) is 11.3 Å². The summed E-state index contributed by atoms with van der Waals surface area (Å²) in [6.45, 7) is 8.19. The highest BCUT2D eigenvalue weighted by molar-refractivity contribution is 7.89. The van der Waals surface area contributed by atoms with Crippen molar-refractivity contribution in [3.63, 3.8) is 0 Å². The summed E-state index contributed by atoms with van der Waals surface area (Å²) < 4.78 is 30.9. The quantitative estimate of drug-likeness (QED) is 0.297. The lowest BCUT2D eigenvalue weighted by molar-refractivity contribution is -1.03. The van der Waals surface area contributed by atoms with Gasteiger partial charge in [0.05, 0.1) is 5.69 Å². The minimum Gasteiger partial charge on any atom is -0.504 e. The van der Waals surface area contributed by atoms with Gasteiger partial charge in [0.2, 0.25) is 10.0 Å². The molecule has 3 rings (SSSR count). The van der Waals surface area contributed by atoms with Crippen LogP contribution in [0.5, 0.6) is 5.75 Å². The van der Waals surface area contributed by atoms with Crippen molar-refractivity contribution >= 4 is 38.7 Å². The van der Waals surface area contributed by atoms with Gasteiger partial charge in [0.15, 0.2) is 5.75 Å². The number of aromatic hydroxyl groups is 1. The number of nitrogens with zero attached hydrogens (tertiary/aromatic N) is 3. The van der Waals surface area contributed by atoms with Crippen LogP contribution in [0.1, 0.15) is 36.6 Å². The van der Waals surface area contributed by atoms with E-state index in [-0.39, 0.29) is 33.7 Å². The second-order valence-electron chi connectivity index (χ2n) is 8.60. The van der Waals surface area contributed by atoms with E-state index < -0.39 is 15.8 Å². The second-order valence-corrected chi connectivity index (χ2v) is 12.0. The zero-order valence-corrected chi connectivity index (χ0v) is 20.4. The molecule has 0 unspecified atom stereocenters. The van der Waals surface area contributed by atoms with Crippen molar-refractivity contribution in [2.24, 2.45) is 5.41 Å². The van der Waals surface area contributed by atoms with Crippen molar-refractivity contribution < 1.29 is 28.3 Å². The lowest BCUT2D eigenvalue weighted by Gasteiger charge is -2.27. The Balaban J connectivity index is 1.98. The highest BCUT2D eigenvalue weighted by Crippen LogP contribution is 2.40. The lowest BCUT2D eigenvalue weighted by atomic mass is 9.86. The van der Waals surface area contributed by atoms with Gasteiger partial charge >= 0.3 is 11.6 Å². The molecule has 1 atom stereocenters. The molecule has 3 aromatic rings. The van der Waals surface area contributed by atoms with E-state index in [1.165, 1.54) is 32.3 Å². The lowest BCUT2D eigenvalue weighted by Crippen LogP contribution is -2.35. The van der Waals surface area contributed by atoms with Crippen LogP contribution in [0.4, 0.5) is 17.3 Å². The summed E-state index contributed by atoms with van der Waals surface area (Å²) in [6, 6.07) is 8.13. The van der Waals surface area contributed by atoms with Crippen molar-refractivity contribution in [3.8, 4) is 5.75 Å². The van der Waals surface area contributed by atoms with Gasteiger partial charge in [0, 0.05) is 29.3 Å². The topological polar surface area (TPSA) is 132 Å². The van der Waals surface area contributed by atoms with E-state index in [1.807, 2.05) is 19.1 Å². The van der Waals surface area contributed by atoms with E-state index in [0.29, 0.717) is 4.90 Å². The number of rotatable bonds is 7. The molecule has 12 heteroatoms. The van der Waals surface area contributed by atoms with Crippen LogP contribution in [0, 0.1) is 12.3 Å². The molecule has 0 spiro atoms. The number of thiophene rings is 1. The Hall–Kier alpha value is -2.83. The number of nitrogens with one attached hydrogen (secondary N) is 2. The Kier molecular flexibility index (Phi) is 6.40. The molecule has 0 saturated heterocycles. The largest absolute Gasteiger partial charge is 0.504 e. The van der Waals surface area contributed by atoms with E-state index in [0.717, 1.165) is 14.1 Å². The summed E-state index contributed by atoms with van der Waals surface area (Å²) >= 11 is 1.63. The minimum absolute atomic E-state index is 0.0738. The zero-order valence-electron chi connectivity index (χ0n) is 18.7. The fourth-order valence-corrected chi connectivity index (χ4v) is 5.25. The monoisotopic (exact) mass is 482 g/mol. The number of aromatic nitrogens is 2. The van der Waals surface area contributed by atoms with Crippen LogP contribution in [0.25, 0.3) is 0 Å². The number of hydrogen-bond donors (Lipinski definition) is 4. The average Bonchev–Trinajstić information content (AvgIpc) is 3.26. The first-order chi connectivity index (χ1) is 14.8. The maximum atomic E-state index is 12.5. The van der Waals surface area contributed by atoms with Gasteiger partial charge in [-0.3, -0.25) is 5.32 Å². The van der Waals surface area contributed by atoms with Crippen molar-refractivity contribution in [2.45, 2.75) is 38.6 Å².